The van der Waals surface area contributed by atoms with Crippen LogP contribution in [-0.2, 0) is 0 Å². The monoisotopic (exact) mass is 315 g/mol. The quantitative estimate of drug-likeness (QED) is 0.692. The lowest BCUT2D eigenvalue weighted by atomic mass is 10.2. The molecule has 0 radical (unpaired) electrons. The van der Waals surface area contributed by atoms with E-state index in [1.807, 2.05) is 0 Å². The van der Waals surface area contributed by atoms with E-state index in [0.29, 0.717) is 21.6 Å². The molecule has 2 aromatic rings. The Morgan fingerprint density at radius 3 is 3.05 bits per heavy atom. The van der Waals surface area contributed by atoms with Gasteiger partial charge in [0, 0.05) is 23.9 Å². The van der Waals surface area contributed by atoms with Gasteiger partial charge in [-0.1, -0.05) is 11.8 Å². The molecule has 1 saturated heterocycles. The number of nitro groups is 1. The summed E-state index contributed by atoms with van der Waals surface area (Å²) in [5.74, 6) is 0. The van der Waals surface area contributed by atoms with Crippen LogP contribution in [0.2, 0.25) is 0 Å². The smallest absolute Gasteiger partial charge is 0.271 e. The Hall–Kier alpha value is -1.31. The topological polar surface area (TPSA) is 81.2 Å². The van der Waals surface area contributed by atoms with Crippen LogP contribution in [0.25, 0.3) is 11.1 Å². The second-order valence-corrected chi connectivity index (χ2v) is 5.73. The molecule has 0 aliphatic carbocycles. The van der Waals surface area contributed by atoms with E-state index in [1.54, 1.807) is 17.8 Å². The number of non-ortho nitro benzene ring substituents is 1. The molecule has 8 heteroatoms. The number of benzene rings is 1. The fourth-order valence-corrected chi connectivity index (χ4v) is 3.18. The largest absolute Gasteiger partial charge is 0.431 e. The van der Waals surface area contributed by atoms with Gasteiger partial charge in [-0.25, -0.2) is 4.98 Å². The molecule has 0 saturated carbocycles. The van der Waals surface area contributed by atoms with Gasteiger partial charge in [-0.2, -0.15) is 0 Å². The number of fused-ring (bicyclic) bond motifs is 1. The maximum atomic E-state index is 10.7. The fraction of sp³-hybridized carbons (Fsp3) is 0.417. The summed E-state index contributed by atoms with van der Waals surface area (Å²) in [6, 6.07) is 4.48. The molecule has 3 rings (SSSR count). The molecule has 1 N–H and O–H groups in total. The average Bonchev–Trinajstić information content (AvgIpc) is 2.80. The number of hydrogen-bond acceptors (Lipinski definition) is 6. The van der Waals surface area contributed by atoms with Crippen molar-refractivity contribution in [3.8, 4) is 0 Å². The van der Waals surface area contributed by atoms with E-state index in [9.17, 15) is 10.1 Å². The Morgan fingerprint density at radius 1 is 1.50 bits per heavy atom. The Balaban J connectivity index is 0.00000147. The number of aromatic nitrogens is 1. The van der Waals surface area contributed by atoms with E-state index in [4.69, 9.17) is 4.42 Å². The Labute approximate surface area is 125 Å². The minimum absolute atomic E-state index is 0. The summed E-state index contributed by atoms with van der Waals surface area (Å²) in [7, 11) is 0. The molecular formula is C12H14ClN3O3S. The van der Waals surface area contributed by atoms with Crippen LogP contribution >= 0.6 is 24.2 Å². The third kappa shape index (κ3) is 3.23. The molecule has 0 spiro atoms. The van der Waals surface area contributed by atoms with Gasteiger partial charge in [0.2, 0.25) is 0 Å². The fourth-order valence-electron chi connectivity index (χ4n) is 2.12. The predicted molar refractivity (Wildman–Crippen MR) is 79.7 cm³/mol. The van der Waals surface area contributed by atoms with Crippen molar-refractivity contribution in [2.75, 3.05) is 13.1 Å². The highest BCUT2D eigenvalue weighted by molar-refractivity contribution is 7.99. The lowest BCUT2D eigenvalue weighted by molar-refractivity contribution is -0.384. The van der Waals surface area contributed by atoms with Gasteiger partial charge in [0.15, 0.2) is 5.58 Å². The highest BCUT2D eigenvalue weighted by Gasteiger charge is 2.18. The van der Waals surface area contributed by atoms with Crippen molar-refractivity contribution in [3.63, 3.8) is 0 Å². The van der Waals surface area contributed by atoms with E-state index in [2.05, 4.69) is 10.3 Å². The normalized spacial score (nSPS) is 18.7. The second kappa shape index (κ2) is 6.43. The number of thioether (sulfide) groups is 1. The molecule has 1 aliphatic rings. The number of nitrogens with one attached hydrogen (secondary N) is 1. The molecule has 2 heterocycles. The van der Waals surface area contributed by atoms with Gasteiger partial charge < -0.3 is 9.73 Å². The van der Waals surface area contributed by atoms with E-state index >= 15 is 0 Å². The molecule has 0 bridgehead atoms. The average molecular weight is 316 g/mol. The predicted octanol–water partition coefficient (Wildman–Crippen LogP) is 3.00. The SMILES string of the molecule is Cl.O=[N+]([O-])c1ccc2oc(SC3CCCNC3)nc2c1. The van der Waals surface area contributed by atoms with Crippen LogP contribution in [0.4, 0.5) is 5.69 Å². The molecule has 1 fully saturated rings. The first-order chi connectivity index (χ1) is 9.22. The van der Waals surface area contributed by atoms with E-state index < -0.39 is 4.92 Å². The standard InChI is InChI=1S/C12H13N3O3S.ClH/c16-15(17)8-3-4-11-10(6-8)14-12(18-11)19-9-2-1-5-13-7-9;/h3-4,6,9,13H,1-2,5,7H2;1H. The van der Waals surface area contributed by atoms with Crippen molar-refractivity contribution < 1.29 is 9.34 Å². The summed E-state index contributed by atoms with van der Waals surface area (Å²) in [5.41, 5.74) is 1.18. The minimum atomic E-state index is -0.425. The summed E-state index contributed by atoms with van der Waals surface area (Å²) in [6.07, 6.45) is 2.29. The van der Waals surface area contributed by atoms with Crippen LogP contribution in [0, 0.1) is 10.1 Å². The first kappa shape index (κ1) is 15.1. The van der Waals surface area contributed by atoms with Crippen LogP contribution in [-0.4, -0.2) is 28.2 Å². The molecule has 0 amide bonds. The zero-order valence-corrected chi connectivity index (χ0v) is 12.2. The van der Waals surface area contributed by atoms with Crippen LogP contribution in [0.1, 0.15) is 12.8 Å². The number of oxazole rings is 1. The molecule has 1 atom stereocenters. The van der Waals surface area contributed by atoms with E-state index in [1.165, 1.54) is 12.1 Å². The van der Waals surface area contributed by atoms with Gasteiger partial charge in [-0.15, -0.1) is 12.4 Å². The molecule has 1 aromatic carbocycles. The lowest BCUT2D eigenvalue weighted by Crippen LogP contribution is -2.31. The third-order valence-corrected chi connectivity index (χ3v) is 4.19. The van der Waals surface area contributed by atoms with Gasteiger partial charge in [-0.3, -0.25) is 10.1 Å². The summed E-state index contributed by atoms with van der Waals surface area (Å²) in [4.78, 5) is 14.6. The number of nitro benzene ring substituents is 1. The zero-order chi connectivity index (χ0) is 13.2. The van der Waals surface area contributed by atoms with Gasteiger partial charge in [0.25, 0.3) is 10.9 Å². The molecule has 6 nitrogen and oxygen atoms in total. The summed E-state index contributed by atoms with van der Waals surface area (Å²) in [6.45, 7) is 2.01. The van der Waals surface area contributed by atoms with Crippen molar-refractivity contribution >= 4 is 41.0 Å². The van der Waals surface area contributed by atoms with Crippen LogP contribution in [0.3, 0.4) is 0 Å². The van der Waals surface area contributed by atoms with Crippen molar-refractivity contribution in [1.29, 1.82) is 0 Å². The van der Waals surface area contributed by atoms with Gasteiger partial charge in [-0.05, 0) is 25.5 Å². The van der Waals surface area contributed by atoms with Crippen molar-refractivity contribution in [1.82, 2.24) is 10.3 Å². The maximum absolute atomic E-state index is 10.7. The van der Waals surface area contributed by atoms with Gasteiger partial charge in [0.05, 0.1) is 4.92 Å². The van der Waals surface area contributed by atoms with Crippen molar-refractivity contribution in [2.45, 2.75) is 23.3 Å². The molecular weight excluding hydrogens is 302 g/mol. The van der Waals surface area contributed by atoms with Crippen LogP contribution in [0.5, 0.6) is 0 Å². The summed E-state index contributed by atoms with van der Waals surface area (Å²) in [5, 5.41) is 15.1. The lowest BCUT2D eigenvalue weighted by Gasteiger charge is -2.20. The Morgan fingerprint density at radius 2 is 2.35 bits per heavy atom. The van der Waals surface area contributed by atoms with Crippen LogP contribution < -0.4 is 5.32 Å². The Bertz CT molecular complexity index is 613. The molecule has 1 unspecified atom stereocenters. The third-order valence-electron chi connectivity index (χ3n) is 3.08. The summed E-state index contributed by atoms with van der Waals surface area (Å²) >= 11 is 1.59. The van der Waals surface area contributed by atoms with Gasteiger partial charge >= 0.3 is 0 Å². The summed E-state index contributed by atoms with van der Waals surface area (Å²) < 4.78 is 5.61. The number of rotatable bonds is 3. The first-order valence-corrected chi connectivity index (χ1v) is 7.03. The van der Waals surface area contributed by atoms with E-state index in [0.717, 1.165) is 25.9 Å². The highest BCUT2D eigenvalue weighted by atomic mass is 35.5. The number of nitrogens with zero attached hydrogens (tertiary/aromatic N) is 2. The number of halogens is 1. The highest BCUT2D eigenvalue weighted by Crippen LogP contribution is 2.30. The Kier molecular flexibility index (Phi) is 4.85. The number of hydrogen-bond donors (Lipinski definition) is 1. The molecule has 1 aromatic heterocycles. The molecule has 1 aliphatic heterocycles. The van der Waals surface area contributed by atoms with Crippen molar-refractivity contribution in [2.24, 2.45) is 0 Å². The van der Waals surface area contributed by atoms with E-state index in [-0.39, 0.29) is 18.1 Å². The number of piperidine rings is 1. The molecule has 108 valence electrons. The maximum Gasteiger partial charge on any atom is 0.271 e. The minimum Gasteiger partial charge on any atom is -0.431 e. The van der Waals surface area contributed by atoms with Gasteiger partial charge in [0.1, 0.15) is 5.52 Å². The van der Waals surface area contributed by atoms with Crippen LogP contribution in [0.15, 0.2) is 27.8 Å². The first-order valence-electron chi connectivity index (χ1n) is 6.15. The van der Waals surface area contributed by atoms with Crippen molar-refractivity contribution in [3.05, 3.63) is 28.3 Å². The molecule has 20 heavy (non-hydrogen) atoms. The second-order valence-electron chi connectivity index (χ2n) is 4.48. The zero-order valence-electron chi connectivity index (χ0n) is 10.6.